The van der Waals surface area contributed by atoms with E-state index in [1.807, 2.05) is 13.8 Å². The summed E-state index contributed by atoms with van der Waals surface area (Å²) in [6.07, 6.45) is 5.17. The van der Waals surface area contributed by atoms with Gasteiger partial charge in [-0.25, -0.2) is 0 Å². The van der Waals surface area contributed by atoms with E-state index in [-0.39, 0.29) is 17.9 Å². The first-order valence-electron chi connectivity index (χ1n) is 5.37. The zero-order valence-electron chi connectivity index (χ0n) is 8.45. The summed E-state index contributed by atoms with van der Waals surface area (Å²) in [5.41, 5.74) is 0. The van der Waals surface area contributed by atoms with Crippen molar-refractivity contribution >= 4 is 5.78 Å². The number of carbonyl (C=O) groups is 1. The Hall–Kier alpha value is -0.370. The van der Waals surface area contributed by atoms with E-state index in [1.54, 1.807) is 0 Å². The molecule has 3 atom stereocenters. The third-order valence-electron chi connectivity index (χ3n) is 3.32. The highest BCUT2D eigenvalue weighted by Crippen LogP contribution is 2.37. The van der Waals surface area contributed by atoms with Gasteiger partial charge in [0, 0.05) is 11.8 Å². The Bertz CT molecular complexity index is 210. The smallest absolute Gasteiger partial charge is 0.141 e. The molecule has 0 radical (unpaired) electrons. The largest absolute Gasteiger partial charge is 0.374 e. The number of ether oxygens (including phenoxy) is 1. The van der Waals surface area contributed by atoms with Gasteiger partial charge in [-0.2, -0.15) is 0 Å². The zero-order valence-corrected chi connectivity index (χ0v) is 8.45. The first-order valence-corrected chi connectivity index (χ1v) is 5.37. The minimum atomic E-state index is 0.172. The van der Waals surface area contributed by atoms with Crippen molar-refractivity contribution in [3.63, 3.8) is 0 Å². The molecule has 0 amide bonds. The SMILES string of the molecule is CC(C)C(=O)C1CCC2CCC1O2. The van der Waals surface area contributed by atoms with E-state index >= 15 is 0 Å². The highest BCUT2D eigenvalue weighted by Gasteiger charge is 2.40. The number of hydrogen-bond donors (Lipinski definition) is 0. The zero-order chi connectivity index (χ0) is 9.42. The van der Waals surface area contributed by atoms with Crippen LogP contribution in [0.4, 0.5) is 0 Å². The van der Waals surface area contributed by atoms with E-state index in [0.29, 0.717) is 11.9 Å². The summed E-state index contributed by atoms with van der Waals surface area (Å²) in [6, 6.07) is 0. The standard InChI is InChI=1S/C11H18O2/c1-7(2)11(12)9-5-3-8-4-6-10(9)13-8/h7-10H,3-6H2,1-2H3. The Morgan fingerprint density at radius 1 is 1.23 bits per heavy atom. The summed E-state index contributed by atoms with van der Waals surface area (Å²) in [5, 5.41) is 0. The number of carbonyl (C=O) groups excluding carboxylic acids is 1. The Morgan fingerprint density at radius 2 is 1.92 bits per heavy atom. The Morgan fingerprint density at radius 3 is 2.62 bits per heavy atom. The molecule has 0 saturated carbocycles. The minimum absolute atomic E-state index is 0.172. The second-order valence-corrected chi connectivity index (χ2v) is 4.61. The van der Waals surface area contributed by atoms with Gasteiger partial charge in [0.15, 0.2) is 0 Å². The molecule has 2 heteroatoms. The van der Waals surface area contributed by atoms with Crippen molar-refractivity contribution < 1.29 is 9.53 Å². The summed E-state index contributed by atoms with van der Waals surface area (Å²) < 4.78 is 5.76. The van der Waals surface area contributed by atoms with Gasteiger partial charge in [0.2, 0.25) is 0 Å². The Kier molecular flexibility index (Phi) is 2.41. The third kappa shape index (κ3) is 1.64. The van der Waals surface area contributed by atoms with Gasteiger partial charge < -0.3 is 4.74 Å². The molecule has 2 fully saturated rings. The molecule has 2 saturated heterocycles. The molecular formula is C11H18O2. The van der Waals surface area contributed by atoms with Crippen LogP contribution in [0, 0.1) is 11.8 Å². The fourth-order valence-electron chi connectivity index (χ4n) is 2.55. The minimum Gasteiger partial charge on any atom is -0.374 e. The average Bonchev–Trinajstić information content (AvgIpc) is 2.47. The normalized spacial score (nSPS) is 38.2. The molecule has 0 spiro atoms. The van der Waals surface area contributed by atoms with Crippen molar-refractivity contribution in [2.24, 2.45) is 11.8 Å². The summed E-state index contributed by atoms with van der Waals surface area (Å²) in [4.78, 5) is 11.8. The highest BCUT2D eigenvalue weighted by molar-refractivity contribution is 5.83. The summed E-state index contributed by atoms with van der Waals surface area (Å²) in [6.45, 7) is 3.98. The van der Waals surface area contributed by atoms with Crippen LogP contribution in [0.1, 0.15) is 39.5 Å². The summed E-state index contributed by atoms with van der Waals surface area (Å²) in [7, 11) is 0. The molecule has 2 rings (SSSR count). The van der Waals surface area contributed by atoms with Crippen molar-refractivity contribution in [3.8, 4) is 0 Å². The highest BCUT2D eigenvalue weighted by atomic mass is 16.5. The lowest BCUT2D eigenvalue weighted by molar-refractivity contribution is -0.134. The van der Waals surface area contributed by atoms with Crippen LogP contribution in [0.25, 0.3) is 0 Å². The Labute approximate surface area is 79.7 Å². The molecule has 2 aliphatic rings. The molecule has 3 unspecified atom stereocenters. The van der Waals surface area contributed by atoms with Crippen molar-refractivity contribution in [3.05, 3.63) is 0 Å². The molecule has 2 heterocycles. The molecule has 0 aromatic heterocycles. The van der Waals surface area contributed by atoms with Gasteiger partial charge >= 0.3 is 0 Å². The second kappa shape index (κ2) is 3.41. The van der Waals surface area contributed by atoms with Crippen molar-refractivity contribution in [2.45, 2.75) is 51.7 Å². The first kappa shape index (κ1) is 9.20. The molecule has 2 bridgehead atoms. The quantitative estimate of drug-likeness (QED) is 0.654. The van der Waals surface area contributed by atoms with Gasteiger partial charge in [-0.1, -0.05) is 13.8 Å². The van der Waals surface area contributed by atoms with Gasteiger partial charge in [0.1, 0.15) is 5.78 Å². The number of fused-ring (bicyclic) bond motifs is 2. The topological polar surface area (TPSA) is 26.3 Å². The van der Waals surface area contributed by atoms with E-state index in [4.69, 9.17) is 4.74 Å². The van der Waals surface area contributed by atoms with E-state index in [0.717, 1.165) is 19.3 Å². The van der Waals surface area contributed by atoms with Crippen LogP contribution in [-0.2, 0) is 9.53 Å². The van der Waals surface area contributed by atoms with Gasteiger partial charge in [-0.05, 0) is 25.7 Å². The van der Waals surface area contributed by atoms with Crippen LogP contribution in [0.15, 0.2) is 0 Å². The second-order valence-electron chi connectivity index (χ2n) is 4.61. The van der Waals surface area contributed by atoms with Crippen LogP contribution in [0.3, 0.4) is 0 Å². The predicted molar refractivity (Wildman–Crippen MR) is 50.5 cm³/mol. The lowest BCUT2D eigenvalue weighted by Gasteiger charge is -2.29. The number of hydrogen-bond acceptors (Lipinski definition) is 2. The van der Waals surface area contributed by atoms with Crippen LogP contribution >= 0.6 is 0 Å². The molecular weight excluding hydrogens is 164 g/mol. The van der Waals surface area contributed by atoms with Gasteiger partial charge in [0.05, 0.1) is 12.2 Å². The molecule has 0 aromatic rings. The fraction of sp³-hybridized carbons (Fsp3) is 0.909. The molecule has 74 valence electrons. The summed E-state index contributed by atoms with van der Waals surface area (Å²) in [5.74, 6) is 0.787. The number of ketones is 1. The fourth-order valence-corrected chi connectivity index (χ4v) is 2.55. The monoisotopic (exact) mass is 182 g/mol. The van der Waals surface area contributed by atoms with Crippen molar-refractivity contribution in [2.75, 3.05) is 0 Å². The lowest BCUT2D eigenvalue weighted by atomic mass is 9.86. The maximum atomic E-state index is 11.8. The molecule has 0 aliphatic carbocycles. The number of Topliss-reactive ketones (excluding diaryl/α,β-unsaturated/α-hetero) is 1. The van der Waals surface area contributed by atoms with Crippen LogP contribution in [-0.4, -0.2) is 18.0 Å². The van der Waals surface area contributed by atoms with Gasteiger partial charge in [0.25, 0.3) is 0 Å². The molecule has 0 N–H and O–H groups in total. The van der Waals surface area contributed by atoms with E-state index in [1.165, 1.54) is 6.42 Å². The first-order chi connectivity index (χ1) is 6.18. The molecule has 0 aromatic carbocycles. The lowest BCUT2D eigenvalue weighted by Crippen LogP contribution is -2.35. The van der Waals surface area contributed by atoms with Crippen LogP contribution in [0.2, 0.25) is 0 Å². The Balaban J connectivity index is 2.03. The van der Waals surface area contributed by atoms with Crippen LogP contribution < -0.4 is 0 Å². The maximum Gasteiger partial charge on any atom is 0.141 e. The molecule has 2 nitrogen and oxygen atoms in total. The van der Waals surface area contributed by atoms with E-state index < -0.39 is 0 Å². The number of rotatable bonds is 2. The van der Waals surface area contributed by atoms with Crippen molar-refractivity contribution in [1.82, 2.24) is 0 Å². The van der Waals surface area contributed by atoms with Crippen LogP contribution in [0.5, 0.6) is 0 Å². The van der Waals surface area contributed by atoms with Gasteiger partial charge in [-0.15, -0.1) is 0 Å². The third-order valence-corrected chi connectivity index (χ3v) is 3.32. The predicted octanol–water partition coefficient (Wildman–Crippen LogP) is 2.17. The molecule has 2 aliphatic heterocycles. The maximum absolute atomic E-state index is 11.8. The van der Waals surface area contributed by atoms with E-state index in [2.05, 4.69) is 0 Å². The average molecular weight is 182 g/mol. The molecule has 13 heavy (non-hydrogen) atoms. The van der Waals surface area contributed by atoms with E-state index in [9.17, 15) is 4.79 Å². The summed E-state index contributed by atoms with van der Waals surface area (Å²) >= 11 is 0. The van der Waals surface area contributed by atoms with Crippen molar-refractivity contribution in [1.29, 1.82) is 0 Å². The van der Waals surface area contributed by atoms with Gasteiger partial charge in [-0.3, -0.25) is 4.79 Å².